The minimum atomic E-state index is -1.21. The number of hydrogen-bond acceptors (Lipinski definition) is 3. The van der Waals surface area contributed by atoms with Gasteiger partial charge in [-0.3, -0.25) is 0 Å². The number of rotatable bonds is 1. The van der Waals surface area contributed by atoms with Crippen molar-refractivity contribution in [1.82, 2.24) is 4.98 Å². The van der Waals surface area contributed by atoms with E-state index in [-0.39, 0.29) is 5.56 Å². The maximum Gasteiger partial charge on any atom is 0.325 e. The lowest BCUT2D eigenvalue weighted by atomic mass is 10.2. The highest BCUT2D eigenvalue weighted by molar-refractivity contribution is 6.30. The molecule has 0 bridgehead atoms. The molecule has 20 heavy (non-hydrogen) atoms. The highest BCUT2D eigenvalue weighted by Gasteiger charge is 2.03. The van der Waals surface area contributed by atoms with E-state index < -0.39 is 5.97 Å². The fourth-order valence-corrected chi connectivity index (χ4v) is 1.81. The molecular weight excluding hydrogens is 280 g/mol. The molecule has 0 aliphatic heterocycles. The summed E-state index contributed by atoms with van der Waals surface area (Å²) in [5, 5.41) is 20.7. The van der Waals surface area contributed by atoms with Crippen molar-refractivity contribution in [1.29, 1.82) is 0 Å². The maximum absolute atomic E-state index is 10.2. The highest BCUT2D eigenvalue weighted by Crippen LogP contribution is 2.09. The summed E-state index contributed by atoms with van der Waals surface area (Å²) in [6.07, 6.45) is 3.37. The van der Waals surface area contributed by atoms with Gasteiger partial charge in [-0.05, 0) is 35.9 Å². The third-order valence-electron chi connectivity index (χ3n) is 2.55. The highest BCUT2D eigenvalue weighted by atomic mass is 35.5. The maximum atomic E-state index is 10.2. The van der Waals surface area contributed by atoms with Gasteiger partial charge in [-0.15, -0.1) is 0 Å². The Labute approximate surface area is 119 Å². The molecule has 1 aromatic carbocycles. The molecule has 0 saturated carbocycles. The predicted molar refractivity (Wildman–Crippen MR) is 71.5 cm³/mol. The second-order valence-corrected chi connectivity index (χ2v) is 4.37. The fraction of sp³-hybridized carbons (Fsp3) is 0. The minimum Gasteiger partial charge on any atom is -0.545 e. The molecule has 2 N–H and O–H groups in total. The van der Waals surface area contributed by atoms with E-state index in [0.717, 1.165) is 15.8 Å². The number of pyridine rings is 1. The van der Waals surface area contributed by atoms with E-state index in [0.29, 0.717) is 5.02 Å². The van der Waals surface area contributed by atoms with Crippen LogP contribution in [-0.2, 0) is 0 Å². The fourth-order valence-electron chi connectivity index (χ4n) is 1.62. The largest absolute Gasteiger partial charge is 0.545 e. The molecule has 0 radical (unpaired) electrons. The van der Waals surface area contributed by atoms with Gasteiger partial charge < -0.3 is 15.1 Å². The first kappa shape index (κ1) is 13.9. The average Bonchev–Trinajstić information content (AvgIpc) is 2.89. The van der Waals surface area contributed by atoms with E-state index in [9.17, 15) is 9.90 Å². The van der Waals surface area contributed by atoms with Crippen molar-refractivity contribution >= 4 is 28.6 Å². The number of carbonyl (C=O) groups excluding carboxylic acids is 1. The summed E-state index contributed by atoms with van der Waals surface area (Å²) in [5.74, 6) is -1.21. The Balaban J connectivity index is 0.000000147. The molecule has 0 atom stereocenters. The van der Waals surface area contributed by atoms with Crippen molar-refractivity contribution in [3.63, 3.8) is 0 Å². The van der Waals surface area contributed by atoms with E-state index in [1.54, 1.807) is 30.6 Å². The third-order valence-corrected chi connectivity index (χ3v) is 2.78. The van der Waals surface area contributed by atoms with Crippen LogP contribution < -0.4 is 9.84 Å². The lowest BCUT2D eigenvalue weighted by molar-refractivity contribution is -0.885. The van der Waals surface area contributed by atoms with Crippen LogP contribution in [0.2, 0.25) is 5.02 Å². The second kappa shape index (κ2) is 6.08. The van der Waals surface area contributed by atoms with Crippen molar-refractivity contribution in [2.75, 3.05) is 0 Å². The predicted octanol–water partition coefficient (Wildman–Crippen LogP) is 1.40. The molecule has 0 aliphatic rings. The number of nitrogens with zero attached hydrogens (tertiary/aromatic N) is 1. The van der Waals surface area contributed by atoms with Gasteiger partial charge in [-0.2, -0.15) is 0 Å². The summed E-state index contributed by atoms with van der Waals surface area (Å²) in [6.45, 7) is 0. The number of carboxylic acids is 1. The summed E-state index contributed by atoms with van der Waals surface area (Å²) in [4.78, 5) is 13.1. The molecule has 3 aromatic rings. The Hall–Kier alpha value is -2.53. The van der Waals surface area contributed by atoms with Gasteiger partial charge in [0.15, 0.2) is 0 Å². The quantitative estimate of drug-likeness (QED) is 0.525. The normalized spacial score (nSPS) is 9.85. The summed E-state index contributed by atoms with van der Waals surface area (Å²) < 4.78 is 1.06. The van der Waals surface area contributed by atoms with Gasteiger partial charge in [-0.25, -0.2) is 4.98 Å². The second-order valence-electron chi connectivity index (χ2n) is 3.93. The van der Waals surface area contributed by atoms with Crippen LogP contribution >= 0.6 is 11.6 Å². The Morgan fingerprint density at radius 2 is 2.05 bits per heavy atom. The molecule has 0 saturated heterocycles. The zero-order valence-electron chi connectivity index (χ0n) is 10.3. The number of aromatic nitrogens is 2. The van der Waals surface area contributed by atoms with Crippen LogP contribution in [0.1, 0.15) is 10.4 Å². The molecule has 102 valence electrons. The Morgan fingerprint density at radius 3 is 2.65 bits per heavy atom. The Kier molecular flexibility index (Phi) is 4.22. The standard InChI is InChI=1S/C7H5ClO2.C7H6N2O/c8-6-3-1-2-5(4-6)7(9)10;10-9-5-1-2-6-3-4-8-7(6)9/h1-4H,(H,9,10);1-5,10H. The topological polar surface area (TPSA) is 80.0 Å². The smallest absolute Gasteiger partial charge is 0.325 e. The van der Waals surface area contributed by atoms with Crippen LogP contribution in [0.15, 0.2) is 54.9 Å². The monoisotopic (exact) mass is 290 g/mol. The molecule has 0 spiro atoms. The Bertz CT molecular complexity index is 740. The first-order chi connectivity index (χ1) is 9.58. The van der Waals surface area contributed by atoms with Crippen molar-refractivity contribution in [2.24, 2.45) is 0 Å². The molecule has 0 unspecified atom stereocenters. The molecule has 2 heterocycles. The van der Waals surface area contributed by atoms with Gasteiger partial charge >= 0.3 is 5.65 Å². The summed E-state index contributed by atoms with van der Waals surface area (Å²) in [6, 6.07) is 11.6. The number of aromatic carboxylic acids is 1. The Morgan fingerprint density at radius 1 is 1.25 bits per heavy atom. The molecule has 5 nitrogen and oxygen atoms in total. The van der Waals surface area contributed by atoms with Crippen molar-refractivity contribution in [3.05, 3.63) is 65.4 Å². The molecular formula is C14H11ClN2O3. The van der Waals surface area contributed by atoms with Gasteiger partial charge in [0.1, 0.15) is 6.20 Å². The number of benzene rings is 1. The third kappa shape index (κ3) is 3.27. The zero-order chi connectivity index (χ0) is 14.5. The lowest BCUT2D eigenvalue weighted by Gasteiger charge is -2.00. The number of halogens is 1. The molecule has 3 rings (SSSR count). The molecule has 0 fully saturated rings. The van der Waals surface area contributed by atoms with Crippen molar-refractivity contribution in [2.45, 2.75) is 0 Å². The van der Waals surface area contributed by atoms with Crippen LogP contribution in [0.25, 0.3) is 11.0 Å². The van der Waals surface area contributed by atoms with Crippen molar-refractivity contribution < 1.29 is 19.8 Å². The lowest BCUT2D eigenvalue weighted by Crippen LogP contribution is -2.29. The molecule has 6 heteroatoms. The van der Waals surface area contributed by atoms with Crippen LogP contribution in [0.5, 0.6) is 0 Å². The van der Waals surface area contributed by atoms with Gasteiger partial charge in [0, 0.05) is 5.02 Å². The van der Waals surface area contributed by atoms with Crippen LogP contribution in [0, 0.1) is 0 Å². The van der Waals surface area contributed by atoms with Gasteiger partial charge in [0.2, 0.25) is 0 Å². The minimum absolute atomic E-state index is 0.104. The summed E-state index contributed by atoms with van der Waals surface area (Å²) in [7, 11) is 0. The number of carboxylic acid groups (broad SMARTS) is 1. The van der Waals surface area contributed by atoms with E-state index in [4.69, 9.17) is 16.8 Å². The molecule has 0 aliphatic carbocycles. The number of hydrogen-bond donors (Lipinski definition) is 2. The van der Waals surface area contributed by atoms with Crippen LogP contribution in [0.3, 0.4) is 0 Å². The number of aromatic amines is 1. The number of carbonyl (C=O) groups is 1. The van der Waals surface area contributed by atoms with E-state index in [1.807, 2.05) is 12.1 Å². The molecule has 2 aromatic heterocycles. The molecule has 0 amide bonds. The van der Waals surface area contributed by atoms with E-state index in [1.165, 1.54) is 12.1 Å². The number of nitrogens with one attached hydrogen (secondary N) is 1. The summed E-state index contributed by atoms with van der Waals surface area (Å²) in [5.41, 5.74) is 0.829. The first-order valence-corrected chi connectivity index (χ1v) is 6.09. The zero-order valence-corrected chi connectivity index (χ0v) is 11.0. The van der Waals surface area contributed by atoms with Gasteiger partial charge in [-0.1, -0.05) is 28.5 Å². The van der Waals surface area contributed by atoms with Gasteiger partial charge in [0.05, 0.1) is 17.6 Å². The van der Waals surface area contributed by atoms with Crippen LogP contribution in [0.4, 0.5) is 0 Å². The number of fused-ring (bicyclic) bond motifs is 1. The SMILES string of the molecule is O=C([O-])c1cccc(Cl)c1.O[n+]1cccc2cc[nH]c21. The van der Waals surface area contributed by atoms with E-state index >= 15 is 0 Å². The van der Waals surface area contributed by atoms with Gasteiger partial charge in [0.25, 0.3) is 0 Å². The van der Waals surface area contributed by atoms with Crippen molar-refractivity contribution in [3.8, 4) is 0 Å². The first-order valence-electron chi connectivity index (χ1n) is 5.72. The van der Waals surface area contributed by atoms with Crippen LogP contribution in [-0.4, -0.2) is 16.2 Å². The average molecular weight is 291 g/mol. The number of H-pyrrole nitrogens is 1. The van der Waals surface area contributed by atoms with E-state index in [2.05, 4.69) is 4.98 Å². The summed E-state index contributed by atoms with van der Waals surface area (Å²) >= 11 is 5.50.